The van der Waals surface area contributed by atoms with Crippen LogP contribution in [-0.4, -0.2) is 62.6 Å². The Bertz CT molecular complexity index is 582. The van der Waals surface area contributed by atoms with Gasteiger partial charge in [0.1, 0.15) is 18.2 Å². The number of piperazine rings is 1. The van der Waals surface area contributed by atoms with Crippen molar-refractivity contribution in [1.29, 1.82) is 0 Å². The highest BCUT2D eigenvalue weighted by atomic mass is 19.1. The molecule has 2 amide bonds. The predicted molar refractivity (Wildman–Crippen MR) is 87.3 cm³/mol. The zero-order valence-electron chi connectivity index (χ0n) is 13.5. The van der Waals surface area contributed by atoms with Crippen LogP contribution < -0.4 is 21.1 Å². The monoisotopic (exact) mass is 338 g/mol. The van der Waals surface area contributed by atoms with Crippen molar-refractivity contribution in [2.75, 3.05) is 45.9 Å². The molecular formula is C16H23FN4O3. The standard InChI is InChI=1S/C16H23FN4O3/c17-12-2-3-14(24-9-4-18)13(10-12)16(23)20-5-1-7-21-8-6-19-15(22)11-21/h2-3,10H,1,4-9,11,18H2,(H,19,22)(H,20,23). The summed E-state index contributed by atoms with van der Waals surface area (Å²) in [6.45, 7) is 3.55. The van der Waals surface area contributed by atoms with Crippen molar-refractivity contribution >= 4 is 11.8 Å². The Kier molecular flexibility index (Phi) is 6.95. The van der Waals surface area contributed by atoms with Gasteiger partial charge in [-0.2, -0.15) is 0 Å². The minimum Gasteiger partial charge on any atom is -0.491 e. The van der Waals surface area contributed by atoms with Gasteiger partial charge >= 0.3 is 0 Å². The van der Waals surface area contributed by atoms with Crippen molar-refractivity contribution < 1.29 is 18.7 Å². The number of hydrogen-bond acceptors (Lipinski definition) is 5. The molecule has 0 aromatic heterocycles. The minimum absolute atomic E-state index is 0.0201. The summed E-state index contributed by atoms with van der Waals surface area (Å²) < 4.78 is 18.8. The lowest BCUT2D eigenvalue weighted by molar-refractivity contribution is -0.124. The number of benzene rings is 1. The fourth-order valence-electron chi connectivity index (χ4n) is 2.46. The van der Waals surface area contributed by atoms with Gasteiger partial charge in [-0.3, -0.25) is 14.5 Å². The topological polar surface area (TPSA) is 96.7 Å². The molecule has 1 aromatic carbocycles. The number of hydrogen-bond donors (Lipinski definition) is 3. The highest BCUT2D eigenvalue weighted by molar-refractivity contribution is 5.96. The number of nitrogens with zero attached hydrogens (tertiary/aromatic N) is 1. The van der Waals surface area contributed by atoms with Crippen molar-refractivity contribution in [2.45, 2.75) is 6.42 Å². The molecule has 1 aliphatic rings. The normalized spacial score (nSPS) is 15.0. The lowest BCUT2D eigenvalue weighted by atomic mass is 10.1. The molecule has 24 heavy (non-hydrogen) atoms. The Balaban J connectivity index is 1.81. The van der Waals surface area contributed by atoms with Crippen LogP contribution in [0.15, 0.2) is 18.2 Å². The van der Waals surface area contributed by atoms with Crippen molar-refractivity contribution in [3.63, 3.8) is 0 Å². The maximum absolute atomic E-state index is 13.4. The first-order valence-electron chi connectivity index (χ1n) is 8.00. The predicted octanol–water partition coefficient (Wildman–Crippen LogP) is -0.285. The number of ether oxygens (including phenoxy) is 1. The third kappa shape index (κ3) is 5.47. The number of carbonyl (C=O) groups excluding carboxylic acids is 2. The summed E-state index contributed by atoms with van der Waals surface area (Å²) in [4.78, 5) is 25.5. The summed E-state index contributed by atoms with van der Waals surface area (Å²) in [7, 11) is 0. The van der Waals surface area contributed by atoms with Crippen molar-refractivity contribution in [3.8, 4) is 5.75 Å². The molecule has 0 atom stereocenters. The first kappa shape index (κ1) is 18.2. The highest BCUT2D eigenvalue weighted by Crippen LogP contribution is 2.19. The quantitative estimate of drug-likeness (QED) is 0.566. The van der Waals surface area contributed by atoms with Crippen LogP contribution in [0.1, 0.15) is 16.8 Å². The van der Waals surface area contributed by atoms with E-state index in [1.165, 1.54) is 12.1 Å². The van der Waals surface area contributed by atoms with Crippen molar-refractivity contribution in [3.05, 3.63) is 29.6 Å². The molecule has 0 spiro atoms. The Hall–Kier alpha value is -2.19. The van der Waals surface area contributed by atoms with E-state index in [-0.39, 0.29) is 18.1 Å². The first-order chi connectivity index (χ1) is 11.6. The second-order valence-electron chi connectivity index (χ2n) is 5.51. The van der Waals surface area contributed by atoms with E-state index >= 15 is 0 Å². The van der Waals surface area contributed by atoms with Crippen LogP contribution in [0.25, 0.3) is 0 Å². The lowest BCUT2D eigenvalue weighted by Gasteiger charge is -2.26. The molecule has 0 radical (unpaired) electrons. The Labute approximate surface area is 140 Å². The molecule has 1 fully saturated rings. The first-order valence-corrected chi connectivity index (χ1v) is 8.00. The SMILES string of the molecule is NCCOc1ccc(F)cc1C(=O)NCCCN1CCNC(=O)C1. The number of nitrogens with one attached hydrogen (secondary N) is 2. The molecule has 1 heterocycles. The Morgan fingerprint density at radius 1 is 1.46 bits per heavy atom. The molecule has 132 valence electrons. The number of halogens is 1. The summed E-state index contributed by atoms with van der Waals surface area (Å²) in [5.74, 6) is -0.559. The van der Waals surface area contributed by atoms with Gasteiger partial charge in [-0.1, -0.05) is 0 Å². The molecular weight excluding hydrogens is 315 g/mol. The summed E-state index contributed by atoms with van der Waals surface area (Å²) >= 11 is 0. The second-order valence-corrected chi connectivity index (χ2v) is 5.51. The van der Waals surface area contributed by atoms with Crippen molar-refractivity contribution in [2.24, 2.45) is 5.73 Å². The molecule has 0 saturated carbocycles. The molecule has 1 saturated heterocycles. The fraction of sp³-hybridized carbons (Fsp3) is 0.500. The van der Waals surface area contributed by atoms with Gasteiger partial charge < -0.3 is 21.1 Å². The molecule has 0 aliphatic carbocycles. The summed E-state index contributed by atoms with van der Waals surface area (Å²) in [6.07, 6.45) is 0.702. The van der Waals surface area contributed by atoms with Crippen LogP contribution in [0.5, 0.6) is 5.75 Å². The summed E-state index contributed by atoms with van der Waals surface area (Å²) in [6, 6.07) is 3.81. The molecule has 0 unspecified atom stereocenters. The van der Waals surface area contributed by atoms with Gasteiger partial charge in [-0.05, 0) is 24.6 Å². The lowest BCUT2D eigenvalue weighted by Crippen LogP contribution is -2.48. The van der Waals surface area contributed by atoms with Crippen LogP contribution in [-0.2, 0) is 4.79 Å². The Morgan fingerprint density at radius 2 is 2.29 bits per heavy atom. The molecule has 1 aliphatic heterocycles. The largest absolute Gasteiger partial charge is 0.491 e. The molecule has 0 bridgehead atoms. The van der Waals surface area contributed by atoms with E-state index in [0.717, 1.165) is 12.6 Å². The average molecular weight is 338 g/mol. The van der Waals surface area contributed by atoms with Crippen LogP contribution in [0.2, 0.25) is 0 Å². The summed E-state index contributed by atoms with van der Waals surface area (Å²) in [5.41, 5.74) is 5.53. The zero-order valence-corrected chi connectivity index (χ0v) is 13.5. The number of amides is 2. The minimum atomic E-state index is -0.500. The van der Waals surface area contributed by atoms with Gasteiger partial charge in [0, 0.05) is 32.7 Å². The van der Waals surface area contributed by atoms with E-state index in [1.54, 1.807) is 0 Å². The molecule has 2 rings (SSSR count). The number of carbonyl (C=O) groups is 2. The van der Waals surface area contributed by atoms with Crippen LogP contribution in [0.3, 0.4) is 0 Å². The van der Waals surface area contributed by atoms with E-state index < -0.39 is 11.7 Å². The van der Waals surface area contributed by atoms with Gasteiger partial charge in [0.15, 0.2) is 0 Å². The van der Waals surface area contributed by atoms with Crippen LogP contribution >= 0.6 is 0 Å². The van der Waals surface area contributed by atoms with E-state index in [0.29, 0.717) is 44.9 Å². The van der Waals surface area contributed by atoms with E-state index in [2.05, 4.69) is 10.6 Å². The fourth-order valence-corrected chi connectivity index (χ4v) is 2.46. The van der Waals surface area contributed by atoms with E-state index in [1.807, 2.05) is 4.90 Å². The third-order valence-electron chi connectivity index (χ3n) is 3.62. The number of nitrogens with two attached hydrogens (primary N) is 1. The smallest absolute Gasteiger partial charge is 0.255 e. The van der Waals surface area contributed by atoms with E-state index in [9.17, 15) is 14.0 Å². The molecule has 1 aromatic rings. The maximum atomic E-state index is 13.4. The average Bonchev–Trinajstić information content (AvgIpc) is 2.57. The molecule has 7 nitrogen and oxygen atoms in total. The molecule has 8 heteroatoms. The van der Waals surface area contributed by atoms with Gasteiger partial charge in [0.05, 0.1) is 12.1 Å². The van der Waals surface area contributed by atoms with Crippen LogP contribution in [0.4, 0.5) is 4.39 Å². The molecule has 4 N–H and O–H groups in total. The highest BCUT2D eigenvalue weighted by Gasteiger charge is 2.16. The zero-order chi connectivity index (χ0) is 17.4. The second kappa shape index (κ2) is 9.19. The van der Waals surface area contributed by atoms with Gasteiger partial charge in [0.2, 0.25) is 5.91 Å². The van der Waals surface area contributed by atoms with Crippen LogP contribution in [0, 0.1) is 5.82 Å². The van der Waals surface area contributed by atoms with E-state index in [4.69, 9.17) is 10.5 Å². The Morgan fingerprint density at radius 3 is 3.04 bits per heavy atom. The van der Waals surface area contributed by atoms with Crippen molar-refractivity contribution in [1.82, 2.24) is 15.5 Å². The van der Waals surface area contributed by atoms with Gasteiger partial charge in [-0.25, -0.2) is 4.39 Å². The summed E-state index contributed by atoms with van der Waals surface area (Å²) in [5, 5.41) is 5.51. The van der Waals surface area contributed by atoms with Gasteiger partial charge in [-0.15, -0.1) is 0 Å². The maximum Gasteiger partial charge on any atom is 0.255 e. The number of rotatable bonds is 8. The van der Waals surface area contributed by atoms with Gasteiger partial charge in [0.25, 0.3) is 5.91 Å². The third-order valence-corrected chi connectivity index (χ3v) is 3.62.